The SMILES string of the molecule is COCCC(NN)c1ccc(Cl)cc1. The Morgan fingerprint density at radius 1 is 1.43 bits per heavy atom. The fourth-order valence-corrected chi connectivity index (χ4v) is 1.40. The van der Waals surface area contributed by atoms with E-state index >= 15 is 0 Å². The molecule has 0 aliphatic heterocycles. The summed E-state index contributed by atoms with van der Waals surface area (Å²) in [6.07, 6.45) is 0.842. The normalized spacial score (nSPS) is 12.8. The highest BCUT2D eigenvalue weighted by molar-refractivity contribution is 6.30. The quantitative estimate of drug-likeness (QED) is 0.581. The molecule has 3 N–H and O–H groups in total. The summed E-state index contributed by atoms with van der Waals surface area (Å²) >= 11 is 5.79. The molecule has 1 aromatic carbocycles. The molecule has 78 valence electrons. The summed E-state index contributed by atoms with van der Waals surface area (Å²) in [6, 6.07) is 7.75. The van der Waals surface area contributed by atoms with Gasteiger partial charge in [0.15, 0.2) is 0 Å². The first-order valence-corrected chi connectivity index (χ1v) is 4.86. The van der Waals surface area contributed by atoms with Crippen molar-refractivity contribution in [2.75, 3.05) is 13.7 Å². The molecule has 0 aliphatic rings. The number of halogens is 1. The summed E-state index contributed by atoms with van der Waals surface area (Å²) in [6.45, 7) is 0.678. The number of methoxy groups -OCH3 is 1. The Bertz CT molecular complexity index is 263. The average Bonchev–Trinajstić information content (AvgIpc) is 2.21. The smallest absolute Gasteiger partial charge is 0.0481 e. The highest BCUT2D eigenvalue weighted by Gasteiger charge is 2.08. The van der Waals surface area contributed by atoms with Crippen LogP contribution in [0.1, 0.15) is 18.0 Å². The van der Waals surface area contributed by atoms with Gasteiger partial charge in [-0.25, -0.2) is 0 Å². The van der Waals surface area contributed by atoms with Crippen LogP contribution >= 0.6 is 11.6 Å². The zero-order valence-electron chi connectivity index (χ0n) is 8.16. The standard InChI is InChI=1S/C10H15ClN2O/c1-14-7-6-10(13-12)8-2-4-9(11)5-3-8/h2-5,10,13H,6-7,12H2,1H3. The molecule has 0 spiro atoms. The van der Waals surface area contributed by atoms with E-state index in [-0.39, 0.29) is 6.04 Å². The molecule has 1 atom stereocenters. The zero-order valence-corrected chi connectivity index (χ0v) is 8.92. The average molecular weight is 215 g/mol. The van der Waals surface area contributed by atoms with Crippen molar-refractivity contribution in [2.45, 2.75) is 12.5 Å². The maximum atomic E-state index is 5.79. The van der Waals surface area contributed by atoms with Gasteiger partial charge in [-0.1, -0.05) is 23.7 Å². The van der Waals surface area contributed by atoms with Gasteiger partial charge in [0.1, 0.15) is 0 Å². The molecule has 0 saturated heterocycles. The lowest BCUT2D eigenvalue weighted by atomic mass is 10.1. The first-order chi connectivity index (χ1) is 6.77. The van der Waals surface area contributed by atoms with Gasteiger partial charge < -0.3 is 4.74 Å². The molecule has 0 saturated carbocycles. The molecule has 0 aliphatic carbocycles. The molecule has 14 heavy (non-hydrogen) atoms. The van der Waals surface area contributed by atoms with Crippen molar-refractivity contribution in [1.29, 1.82) is 0 Å². The molecular formula is C10H15ClN2O. The Balaban J connectivity index is 2.64. The van der Waals surface area contributed by atoms with Crippen LogP contribution in [0.2, 0.25) is 5.02 Å². The van der Waals surface area contributed by atoms with Crippen molar-refractivity contribution in [1.82, 2.24) is 5.43 Å². The van der Waals surface area contributed by atoms with Crippen molar-refractivity contribution in [2.24, 2.45) is 5.84 Å². The third kappa shape index (κ3) is 3.27. The molecule has 0 amide bonds. The topological polar surface area (TPSA) is 47.3 Å². The monoisotopic (exact) mass is 214 g/mol. The van der Waals surface area contributed by atoms with Crippen molar-refractivity contribution in [3.63, 3.8) is 0 Å². The van der Waals surface area contributed by atoms with Crippen molar-refractivity contribution < 1.29 is 4.74 Å². The number of nitrogens with one attached hydrogen (secondary N) is 1. The summed E-state index contributed by atoms with van der Waals surface area (Å²) in [5, 5.41) is 0.733. The number of hydrazine groups is 1. The maximum absolute atomic E-state index is 5.79. The van der Waals surface area contributed by atoms with Gasteiger partial charge in [-0.15, -0.1) is 0 Å². The molecule has 3 nitrogen and oxygen atoms in total. The second-order valence-corrected chi connectivity index (χ2v) is 3.49. The molecule has 0 heterocycles. The van der Waals surface area contributed by atoms with Crippen LogP contribution in [0.3, 0.4) is 0 Å². The summed E-state index contributed by atoms with van der Waals surface area (Å²) in [4.78, 5) is 0. The highest BCUT2D eigenvalue weighted by atomic mass is 35.5. The first kappa shape index (κ1) is 11.5. The predicted octanol–water partition coefficient (Wildman–Crippen LogP) is 1.88. The largest absolute Gasteiger partial charge is 0.385 e. The van der Waals surface area contributed by atoms with Gasteiger partial charge >= 0.3 is 0 Å². The summed E-state index contributed by atoms with van der Waals surface area (Å²) in [5.74, 6) is 5.45. The molecular weight excluding hydrogens is 200 g/mol. The van der Waals surface area contributed by atoms with Gasteiger partial charge in [-0.3, -0.25) is 11.3 Å². The van der Waals surface area contributed by atoms with E-state index in [0.29, 0.717) is 6.61 Å². The minimum Gasteiger partial charge on any atom is -0.385 e. The number of rotatable bonds is 5. The van der Waals surface area contributed by atoms with Crippen LogP contribution in [0.5, 0.6) is 0 Å². The molecule has 0 aromatic heterocycles. The number of nitrogens with two attached hydrogens (primary N) is 1. The van der Waals surface area contributed by atoms with Crippen LogP contribution in [0, 0.1) is 0 Å². The first-order valence-electron chi connectivity index (χ1n) is 4.48. The third-order valence-electron chi connectivity index (χ3n) is 2.08. The minimum absolute atomic E-state index is 0.118. The van der Waals surface area contributed by atoms with E-state index in [1.807, 2.05) is 24.3 Å². The lowest BCUT2D eigenvalue weighted by Gasteiger charge is -2.15. The number of hydrogen-bond acceptors (Lipinski definition) is 3. The van der Waals surface area contributed by atoms with E-state index in [0.717, 1.165) is 17.0 Å². The van der Waals surface area contributed by atoms with Gasteiger partial charge in [-0.2, -0.15) is 0 Å². The molecule has 1 aromatic rings. The predicted molar refractivity (Wildman–Crippen MR) is 58.0 cm³/mol. The van der Waals surface area contributed by atoms with Gasteiger partial charge in [0.05, 0.1) is 0 Å². The fraction of sp³-hybridized carbons (Fsp3) is 0.400. The van der Waals surface area contributed by atoms with Gasteiger partial charge in [0, 0.05) is 24.8 Å². The van der Waals surface area contributed by atoms with Crippen LogP contribution in [0.25, 0.3) is 0 Å². The van der Waals surface area contributed by atoms with Crippen molar-refractivity contribution in [3.8, 4) is 0 Å². The number of benzene rings is 1. The molecule has 1 unspecified atom stereocenters. The number of ether oxygens (including phenoxy) is 1. The van der Waals surface area contributed by atoms with E-state index in [1.54, 1.807) is 7.11 Å². The van der Waals surface area contributed by atoms with Gasteiger partial charge in [0.2, 0.25) is 0 Å². The van der Waals surface area contributed by atoms with E-state index in [2.05, 4.69) is 5.43 Å². The fourth-order valence-electron chi connectivity index (χ4n) is 1.28. The van der Waals surface area contributed by atoms with Crippen molar-refractivity contribution >= 4 is 11.6 Å². The van der Waals surface area contributed by atoms with Gasteiger partial charge in [-0.05, 0) is 24.1 Å². The zero-order chi connectivity index (χ0) is 10.4. The summed E-state index contributed by atoms with van der Waals surface area (Å²) in [7, 11) is 1.68. The Morgan fingerprint density at radius 3 is 2.57 bits per heavy atom. The molecule has 0 bridgehead atoms. The van der Waals surface area contributed by atoms with Crippen LogP contribution in [0.4, 0.5) is 0 Å². The Labute approximate surface area is 89.2 Å². The van der Waals surface area contributed by atoms with Crippen molar-refractivity contribution in [3.05, 3.63) is 34.9 Å². The van der Waals surface area contributed by atoms with Gasteiger partial charge in [0.25, 0.3) is 0 Å². The maximum Gasteiger partial charge on any atom is 0.0481 e. The second-order valence-electron chi connectivity index (χ2n) is 3.05. The lowest BCUT2D eigenvalue weighted by Crippen LogP contribution is -2.28. The molecule has 0 fully saturated rings. The molecule has 4 heteroatoms. The lowest BCUT2D eigenvalue weighted by molar-refractivity contribution is 0.183. The van der Waals surface area contributed by atoms with Crippen LogP contribution in [0.15, 0.2) is 24.3 Å². The van der Waals surface area contributed by atoms with E-state index < -0.39 is 0 Å². The summed E-state index contributed by atoms with van der Waals surface area (Å²) < 4.78 is 5.00. The second kappa shape index (κ2) is 5.98. The third-order valence-corrected chi connectivity index (χ3v) is 2.34. The highest BCUT2D eigenvalue weighted by Crippen LogP contribution is 2.18. The van der Waals surface area contributed by atoms with Crippen LogP contribution in [-0.4, -0.2) is 13.7 Å². The van der Waals surface area contributed by atoms with E-state index in [1.165, 1.54) is 0 Å². The van der Waals surface area contributed by atoms with E-state index in [9.17, 15) is 0 Å². The Kier molecular flexibility index (Phi) is 4.90. The van der Waals surface area contributed by atoms with E-state index in [4.69, 9.17) is 22.2 Å². The van der Waals surface area contributed by atoms with Crippen LogP contribution in [-0.2, 0) is 4.74 Å². The minimum atomic E-state index is 0.118. The molecule has 0 radical (unpaired) electrons. The number of hydrogen-bond donors (Lipinski definition) is 2. The Hall–Kier alpha value is -0.610. The Morgan fingerprint density at radius 2 is 2.07 bits per heavy atom. The summed E-state index contributed by atoms with van der Waals surface area (Å²) in [5.41, 5.74) is 3.87. The van der Waals surface area contributed by atoms with Crippen LogP contribution < -0.4 is 11.3 Å². The molecule has 1 rings (SSSR count).